The molecule has 1 aromatic carbocycles. The van der Waals surface area contributed by atoms with E-state index < -0.39 is 0 Å². The van der Waals surface area contributed by atoms with E-state index in [0.717, 1.165) is 21.4 Å². The van der Waals surface area contributed by atoms with Crippen LogP contribution in [0.25, 0.3) is 0 Å². The van der Waals surface area contributed by atoms with Gasteiger partial charge in [0.15, 0.2) is 5.84 Å². The van der Waals surface area contributed by atoms with Gasteiger partial charge in [-0.15, -0.1) is 11.8 Å². The predicted molar refractivity (Wildman–Crippen MR) is 77.8 cm³/mol. The fourth-order valence-electron chi connectivity index (χ4n) is 1.43. The second-order valence-electron chi connectivity index (χ2n) is 3.76. The lowest BCUT2D eigenvalue weighted by atomic mass is 10.2. The van der Waals surface area contributed by atoms with Gasteiger partial charge in [0.2, 0.25) is 0 Å². The topological polar surface area (TPSA) is 71.5 Å². The molecule has 1 aromatic heterocycles. The molecule has 6 heteroatoms. The Bertz CT molecular complexity index is 587. The molecular formula is C13H12ClN3OS. The van der Waals surface area contributed by atoms with Gasteiger partial charge in [0, 0.05) is 10.8 Å². The van der Waals surface area contributed by atoms with E-state index >= 15 is 0 Å². The van der Waals surface area contributed by atoms with E-state index in [1.807, 2.05) is 36.4 Å². The minimum Gasteiger partial charge on any atom is -0.409 e. The summed E-state index contributed by atoms with van der Waals surface area (Å²) >= 11 is 7.41. The number of oxime groups is 1. The number of rotatable bonds is 4. The quantitative estimate of drug-likeness (QED) is 0.299. The molecule has 0 aliphatic heterocycles. The summed E-state index contributed by atoms with van der Waals surface area (Å²) in [6.45, 7) is 0. The van der Waals surface area contributed by atoms with Crippen LogP contribution in [0, 0.1) is 0 Å². The Hall–Kier alpha value is -1.72. The first-order valence-electron chi connectivity index (χ1n) is 5.51. The maximum absolute atomic E-state index is 8.62. The number of thioether (sulfide) groups is 1. The van der Waals surface area contributed by atoms with E-state index in [4.69, 9.17) is 22.5 Å². The van der Waals surface area contributed by atoms with Gasteiger partial charge in [0.05, 0.1) is 5.03 Å². The van der Waals surface area contributed by atoms with Crippen LogP contribution in [0.5, 0.6) is 0 Å². The molecule has 0 atom stereocenters. The molecular weight excluding hydrogens is 282 g/mol. The summed E-state index contributed by atoms with van der Waals surface area (Å²) < 4.78 is 0. The maximum atomic E-state index is 8.62. The smallest absolute Gasteiger partial charge is 0.188 e. The lowest BCUT2D eigenvalue weighted by Gasteiger charge is -2.03. The molecule has 0 saturated carbocycles. The van der Waals surface area contributed by atoms with E-state index in [-0.39, 0.29) is 5.84 Å². The number of aromatic nitrogens is 1. The van der Waals surface area contributed by atoms with Crippen molar-refractivity contribution in [3.63, 3.8) is 0 Å². The SMILES string of the molecule is N/C(=N/O)c1cccc(SCc2ccc(Cl)cc2)n1. The fraction of sp³-hybridized carbons (Fsp3) is 0.0769. The number of halogens is 1. The van der Waals surface area contributed by atoms with Crippen molar-refractivity contribution in [1.29, 1.82) is 0 Å². The van der Waals surface area contributed by atoms with Crippen LogP contribution in [-0.2, 0) is 5.75 Å². The average Bonchev–Trinajstić information content (AvgIpc) is 2.46. The minimum atomic E-state index is 0.00828. The fourth-order valence-corrected chi connectivity index (χ4v) is 2.40. The molecule has 0 fully saturated rings. The summed E-state index contributed by atoms with van der Waals surface area (Å²) in [5, 5.41) is 13.1. The van der Waals surface area contributed by atoms with Crippen molar-refractivity contribution in [2.75, 3.05) is 0 Å². The van der Waals surface area contributed by atoms with Gasteiger partial charge in [0.25, 0.3) is 0 Å². The zero-order valence-electron chi connectivity index (χ0n) is 9.95. The lowest BCUT2D eigenvalue weighted by Crippen LogP contribution is -2.14. The van der Waals surface area contributed by atoms with Crippen LogP contribution in [0.3, 0.4) is 0 Å². The second kappa shape index (κ2) is 6.45. The highest BCUT2D eigenvalue weighted by Gasteiger charge is 2.03. The van der Waals surface area contributed by atoms with E-state index in [9.17, 15) is 0 Å². The molecule has 1 heterocycles. The maximum Gasteiger partial charge on any atom is 0.188 e. The number of hydrogen-bond donors (Lipinski definition) is 2. The molecule has 0 aliphatic carbocycles. The van der Waals surface area contributed by atoms with Crippen LogP contribution < -0.4 is 5.73 Å². The van der Waals surface area contributed by atoms with Gasteiger partial charge in [-0.2, -0.15) is 0 Å². The molecule has 2 aromatic rings. The van der Waals surface area contributed by atoms with Gasteiger partial charge in [-0.1, -0.05) is 35.0 Å². The summed E-state index contributed by atoms with van der Waals surface area (Å²) in [7, 11) is 0. The first-order valence-corrected chi connectivity index (χ1v) is 6.87. The highest BCUT2D eigenvalue weighted by Crippen LogP contribution is 2.22. The van der Waals surface area contributed by atoms with Gasteiger partial charge in [-0.3, -0.25) is 0 Å². The summed E-state index contributed by atoms with van der Waals surface area (Å²) in [4.78, 5) is 4.30. The summed E-state index contributed by atoms with van der Waals surface area (Å²) in [6.07, 6.45) is 0. The van der Waals surface area contributed by atoms with Gasteiger partial charge < -0.3 is 10.9 Å². The Morgan fingerprint density at radius 3 is 2.68 bits per heavy atom. The summed E-state index contributed by atoms with van der Waals surface area (Å²) in [6, 6.07) is 13.1. The molecule has 3 N–H and O–H groups in total. The van der Waals surface area contributed by atoms with Crippen molar-refractivity contribution >= 4 is 29.2 Å². The van der Waals surface area contributed by atoms with Gasteiger partial charge in [-0.25, -0.2) is 4.98 Å². The van der Waals surface area contributed by atoms with Crippen LogP contribution in [0.4, 0.5) is 0 Å². The standard InChI is InChI=1S/C13H12ClN3OS/c14-10-6-4-9(5-7-10)8-19-12-3-1-2-11(16-12)13(15)17-18/h1-7,18H,8H2,(H2,15,17). The predicted octanol–water partition coefficient (Wildman–Crippen LogP) is 3.12. The monoisotopic (exact) mass is 293 g/mol. The first kappa shape index (κ1) is 13.7. The largest absolute Gasteiger partial charge is 0.409 e. The third kappa shape index (κ3) is 3.87. The molecule has 0 unspecified atom stereocenters. The van der Waals surface area contributed by atoms with Gasteiger partial charge >= 0.3 is 0 Å². The lowest BCUT2D eigenvalue weighted by molar-refractivity contribution is 0.318. The van der Waals surface area contributed by atoms with Crippen molar-refractivity contribution in [3.05, 3.63) is 58.7 Å². The van der Waals surface area contributed by atoms with Gasteiger partial charge in [-0.05, 0) is 29.8 Å². The Kier molecular flexibility index (Phi) is 4.65. The van der Waals surface area contributed by atoms with Crippen molar-refractivity contribution in [1.82, 2.24) is 4.98 Å². The van der Waals surface area contributed by atoms with Crippen molar-refractivity contribution < 1.29 is 5.21 Å². The minimum absolute atomic E-state index is 0.00828. The van der Waals surface area contributed by atoms with Crippen LogP contribution in [0.2, 0.25) is 5.02 Å². The number of hydrogen-bond acceptors (Lipinski definition) is 4. The number of pyridine rings is 1. The third-order valence-electron chi connectivity index (χ3n) is 2.39. The molecule has 0 radical (unpaired) electrons. The molecule has 0 saturated heterocycles. The van der Waals surface area contributed by atoms with Crippen LogP contribution in [-0.4, -0.2) is 16.0 Å². The number of benzene rings is 1. The average molecular weight is 294 g/mol. The highest BCUT2D eigenvalue weighted by molar-refractivity contribution is 7.98. The molecule has 4 nitrogen and oxygen atoms in total. The van der Waals surface area contributed by atoms with E-state index in [0.29, 0.717) is 5.69 Å². The normalized spacial score (nSPS) is 11.5. The van der Waals surface area contributed by atoms with Crippen LogP contribution in [0.15, 0.2) is 52.6 Å². The number of nitrogens with zero attached hydrogens (tertiary/aromatic N) is 2. The third-order valence-corrected chi connectivity index (χ3v) is 3.65. The van der Waals surface area contributed by atoms with Crippen LogP contribution in [0.1, 0.15) is 11.3 Å². The van der Waals surface area contributed by atoms with Crippen molar-refractivity contribution in [3.8, 4) is 0 Å². The Morgan fingerprint density at radius 1 is 1.26 bits per heavy atom. The van der Waals surface area contributed by atoms with E-state index in [1.54, 1.807) is 17.8 Å². The molecule has 2 rings (SSSR count). The molecule has 98 valence electrons. The molecule has 19 heavy (non-hydrogen) atoms. The molecule has 0 aliphatic rings. The Labute approximate surface area is 120 Å². The number of nitrogens with two attached hydrogens (primary N) is 1. The second-order valence-corrected chi connectivity index (χ2v) is 5.19. The Balaban J connectivity index is 2.05. The molecule has 0 amide bonds. The molecule has 0 bridgehead atoms. The Morgan fingerprint density at radius 2 is 2.00 bits per heavy atom. The highest BCUT2D eigenvalue weighted by atomic mass is 35.5. The summed E-state index contributed by atoms with van der Waals surface area (Å²) in [5.74, 6) is 0.790. The first-order chi connectivity index (χ1) is 9.19. The van der Waals surface area contributed by atoms with Crippen molar-refractivity contribution in [2.45, 2.75) is 10.8 Å². The molecule has 0 spiro atoms. The van der Waals surface area contributed by atoms with E-state index in [2.05, 4.69) is 10.1 Å². The van der Waals surface area contributed by atoms with E-state index in [1.165, 1.54) is 0 Å². The van der Waals surface area contributed by atoms with Crippen LogP contribution >= 0.6 is 23.4 Å². The zero-order chi connectivity index (χ0) is 13.7. The van der Waals surface area contributed by atoms with Crippen molar-refractivity contribution in [2.24, 2.45) is 10.9 Å². The summed E-state index contributed by atoms with van der Waals surface area (Å²) in [5.41, 5.74) is 7.12. The van der Waals surface area contributed by atoms with Gasteiger partial charge in [0.1, 0.15) is 5.69 Å². The number of amidine groups is 1. The zero-order valence-corrected chi connectivity index (χ0v) is 11.5.